The summed E-state index contributed by atoms with van der Waals surface area (Å²) in [5.74, 6) is 0. The fourth-order valence-corrected chi connectivity index (χ4v) is 1.88. The number of benzene rings is 1. The van der Waals surface area contributed by atoms with Crippen LogP contribution in [-0.4, -0.2) is 27.9 Å². The van der Waals surface area contributed by atoms with E-state index in [4.69, 9.17) is 5.11 Å². The third-order valence-corrected chi connectivity index (χ3v) is 2.73. The average Bonchev–Trinajstić information content (AvgIpc) is 2.70. The SMILES string of the molecule is Cc1ccc2[nH]ccc2c1CC(O)CO. The van der Waals surface area contributed by atoms with Gasteiger partial charge in [0.05, 0.1) is 12.7 Å². The van der Waals surface area contributed by atoms with Crippen LogP contribution in [0.1, 0.15) is 11.1 Å². The highest BCUT2D eigenvalue weighted by Gasteiger charge is 2.10. The second-order valence-corrected chi connectivity index (χ2v) is 3.84. The van der Waals surface area contributed by atoms with Gasteiger partial charge in [-0.1, -0.05) is 6.07 Å². The molecule has 1 aromatic heterocycles. The molecule has 0 radical (unpaired) electrons. The van der Waals surface area contributed by atoms with Gasteiger partial charge >= 0.3 is 0 Å². The molecular weight excluding hydrogens is 190 g/mol. The van der Waals surface area contributed by atoms with Crippen molar-refractivity contribution in [2.75, 3.05) is 6.61 Å². The zero-order valence-electron chi connectivity index (χ0n) is 8.70. The van der Waals surface area contributed by atoms with Gasteiger partial charge in [-0.25, -0.2) is 0 Å². The first-order valence-corrected chi connectivity index (χ1v) is 5.07. The summed E-state index contributed by atoms with van der Waals surface area (Å²) in [6, 6.07) is 6.06. The molecule has 3 N–H and O–H groups in total. The first-order valence-electron chi connectivity index (χ1n) is 5.07. The Morgan fingerprint density at radius 3 is 2.87 bits per heavy atom. The second kappa shape index (κ2) is 4.04. The van der Waals surface area contributed by atoms with Gasteiger partial charge < -0.3 is 15.2 Å². The molecule has 0 bridgehead atoms. The van der Waals surface area contributed by atoms with Crippen molar-refractivity contribution >= 4 is 10.9 Å². The molecule has 3 heteroatoms. The van der Waals surface area contributed by atoms with Gasteiger partial charge in [0, 0.05) is 23.5 Å². The Morgan fingerprint density at radius 2 is 2.13 bits per heavy atom. The van der Waals surface area contributed by atoms with Crippen LogP contribution in [-0.2, 0) is 6.42 Å². The summed E-state index contributed by atoms with van der Waals surface area (Å²) in [5, 5.41) is 19.5. The maximum atomic E-state index is 9.47. The monoisotopic (exact) mass is 205 g/mol. The van der Waals surface area contributed by atoms with Crippen LogP contribution >= 0.6 is 0 Å². The van der Waals surface area contributed by atoms with Crippen LogP contribution in [0.4, 0.5) is 0 Å². The van der Waals surface area contributed by atoms with Crippen LogP contribution in [0.2, 0.25) is 0 Å². The van der Waals surface area contributed by atoms with Gasteiger partial charge in [0.25, 0.3) is 0 Å². The van der Waals surface area contributed by atoms with E-state index in [9.17, 15) is 5.11 Å². The molecule has 80 valence electrons. The molecule has 1 unspecified atom stereocenters. The number of nitrogens with one attached hydrogen (secondary N) is 1. The van der Waals surface area contributed by atoms with E-state index in [1.54, 1.807) is 0 Å². The number of rotatable bonds is 3. The summed E-state index contributed by atoms with van der Waals surface area (Å²) in [5.41, 5.74) is 3.32. The van der Waals surface area contributed by atoms with Gasteiger partial charge in [-0.05, 0) is 30.2 Å². The van der Waals surface area contributed by atoms with E-state index in [1.165, 1.54) is 0 Å². The van der Waals surface area contributed by atoms with Crippen LogP contribution < -0.4 is 0 Å². The van der Waals surface area contributed by atoms with Crippen molar-refractivity contribution in [1.82, 2.24) is 4.98 Å². The Morgan fingerprint density at radius 1 is 1.33 bits per heavy atom. The Labute approximate surface area is 88.4 Å². The van der Waals surface area contributed by atoms with E-state index in [0.29, 0.717) is 6.42 Å². The van der Waals surface area contributed by atoms with Crippen molar-refractivity contribution in [3.63, 3.8) is 0 Å². The predicted molar refractivity (Wildman–Crippen MR) is 59.8 cm³/mol. The molecule has 0 aliphatic rings. The molecule has 0 amide bonds. The molecule has 1 heterocycles. The van der Waals surface area contributed by atoms with Gasteiger partial charge in [-0.2, -0.15) is 0 Å². The zero-order chi connectivity index (χ0) is 10.8. The molecule has 2 aromatic rings. The molecular formula is C12H15NO2. The van der Waals surface area contributed by atoms with E-state index < -0.39 is 6.10 Å². The van der Waals surface area contributed by atoms with Crippen molar-refractivity contribution in [2.24, 2.45) is 0 Å². The largest absolute Gasteiger partial charge is 0.394 e. The highest BCUT2D eigenvalue weighted by molar-refractivity contribution is 5.84. The van der Waals surface area contributed by atoms with Crippen molar-refractivity contribution in [3.8, 4) is 0 Å². The number of hydrogen-bond donors (Lipinski definition) is 3. The molecule has 0 saturated carbocycles. The van der Waals surface area contributed by atoms with Crippen molar-refractivity contribution in [1.29, 1.82) is 0 Å². The smallest absolute Gasteiger partial charge is 0.0811 e. The molecule has 1 aromatic carbocycles. The van der Waals surface area contributed by atoms with Crippen LogP contribution in [0.5, 0.6) is 0 Å². The Balaban J connectivity index is 2.47. The number of aryl methyl sites for hydroxylation is 1. The molecule has 0 aliphatic heterocycles. The number of hydrogen-bond acceptors (Lipinski definition) is 2. The summed E-state index contributed by atoms with van der Waals surface area (Å²) >= 11 is 0. The third kappa shape index (κ3) is 1.89. The normalized spacial score (nSPS) is 13.3. The summed E-state index contributed by atoms with van der Waals surface area (Å²) in [7, 11) is 0. The van der Waals surface area contributed by atoms with Crippen LogP contribution in [0.15, 0.2) is 24.4 Å². The minimum atomic E-state index is -0.677. The maximum absolute atomic E-state index is 9.47. The molecule has 0 fully saturated rings. The van der Waals surface area contributed by atoms with Crippen LogP contribution in [0.25, 0.3) is 10.9 Å². The zero-order valence-corrected chi connectivity index (χ0v) is 8.70. The van der Waals surface area contributed by atoms with Gasteiger partial charge in [0.2, 0.25) is 0 Å². The first-order chi connectivity index (χ1) is 7.22. The van der Waals surface area contributed by atoms with E-state index >= 15 is 0 Å². The standard InChI is InChI=1S/C12H15NO2/c1-8-2-3-12-10(4-5-13-12)11(8)6-9(15)7-14/h2-5,9,13-15H,6-7H2,1H3. The minimum absolute atomic E-state index is 0.194. The number of aromatic nitrogens is 1. The molecule has 0 aliphatic carbocycles. The lowest BCUT2D eigenvalue weighted by molar-refractivity contribution is 0.0956. The van der Waals surface area contributed by atoms with Gasteiger partial charge in [0.1, 0.15) is 0 Å². The number of H-pyrrole nitrogens is 1. The fourth-order valence-electron chi connectivity index (χ4n) is 1.88. The minimum Gasteiger partial charge on any atom is -0.394 e. The molecule has 3 nitrogen and oxygen atoms in total. The highest BCUT2D eigenvalue weighted by atomic mass is 16.3. The molecule has 0 saturated heterocycles. The summed E-state index contributed by atoms with van der Waals surface area (Å²) in [4.78, 5) is 3.13. The highest BCUT2D eigenvalue weighted by Crippen LogP contribution is 2.22. The summed E-state index contributed by atoms with van der Waals surface area (Å²) < 4.78 is 0. The number of aliphatic hydroxyl groups is 2. The van der Waals surface area contributed by atoms with E-state index in [0.717, 1.165) is 22.0 Å². The van der Waals surface area contributed by atoms with E-state index in [2.05, 4.69) is 4.98 Å². The number of aromatic amines is 1. The third-order valence-electron chi connectivity index (χ3n) is 2.73. The van der Waals surface area contributed by atoms with Gasteiger partial charge in [-0.15, -0.1) is 0 Å². The van der Waals surface area contributed by atoms with Gasteiger partial charge in [-0.3, -0.25) is 0 Å². The van der Waals surface area contributed by atoms with E-state index in [-0.39, 0.29) is 6.61 Å². The number of aliphatic hydroxyl groups excluding tert-OH is 2. The topological polar surface area (TPSA) is 56.2 Å². The molecule has 1 atom stereocenters. The fraction of sp³-hybridized carbons (Fsp3) is 0.333. The second-order valence-electron chi connectivity index (χ2n) is 3.84. The summed E-state index contributed by atoms with van der Waals surface area (Å²) in [6.45, 7) is 1.83. The Kier molecular flexibility index (Phi) is 2.75. The van der Waals surface area contributed by atoms with Crippen LogP contribution in [0.3, 0.4) is 0 Å². The molecule has 2 rings (SSSR count). The van der Waals surface area contributed by atoms with Crippen LogP contribution in [0, 0.1) is 6.92 Å². The lowest BCUT2D eigenvalue weighted by Crippen LogP contribution is -2.15. The maximum Gasteiger partial charge on any atom is 0.0811 e. The average molecular weight is 205 g/mol. The predicted octanol–water partition coefficient (Wildman–Crippen LogP) is 1.37. The Bertz CT molecular complexity index is 462. The summed E-state index contributed by atoms with van der Waals surface area (Å²) in [6.07, 6.45) is 1.71. The molecule has 15 heavy (non-hydrogen) atoms. The van der Waals surface area contributed by atoms with Crippen molar-refractivity contribution < 1.29 is 10.2 Å². The quantitative estimate of drug-likeness (QED) is 0.709. The van der Waals surface area contributed by atoms with Crippen molar-refractivity contribution in [3.05, 3.63) is 35.5 Å². The lowest BCUT2D eigenvalue weighted by atomic mass is 9.99. The Hall–Kier alpha value is -1.32. The molecule has 0 spiro atoms. The van der Waals surface area contributed by atoms with Crippen molar-refractivity contribution in [2.45, 2.75) is 19.4 Å². The lowest BCUT2D eigenvalue weighted by Gasteiger charge is -2.11. The first kappa shape index (κ1) is 10.2. The number of fused-ring (bicyclic) bond motifs is 1. The van der Waals surface area contributed by atoms with E-state index in [1.807, 2.05) is 31.3 Å². The van der Waals surface area contributed by atoms with Gasteiger partial charge in [0.15, 0.2) is 0 Å².